The van der Waals surface area contributed by atoms with Gasteiger partial charge in [-0.3, -0.25) is 4.79 Å². The van der Waals surface area contributed by atoms with Gasteiger partial charge >= 0.3 is 5.97 Å². The van der Waals surface area contributed by atoms with Crippen LogP contribution in [0.2, 0.25) is 0 Å². The number of hydrogen-bond acceptors (Lipinski definition) is 2. The van der Waals surface area contributed by atoms with E-state index in [9.17, 15) is 9.18 Å². The Morgan fingerprint density at radius 3 is 1.89 bits per heavy atom. The molecule has 0 aliphatic rings. The third-order valence-electron chi connectivity index (χ3n) is 0.340. The van der Waals surface area contributed by atoms with Crippen LogP contribution in [0.1, 0.15) is 6.92 Å². The number of hydrogen-bond donors (Lipinski definition) is 2. The molecule has 0 heterocycles. The van der Waals surface area contributed by atoms with Gasteiger partial charge in [-0.25, -0.2) is 9.18 Å². The van der Waals surface area contributed by atoms with Crippen LogP contribution in [0.5, 0.6) is 0 Å². The van der Waals surface area contributed by atoms with Gasteiger partial charge in [0.2, 0.25) is 0 Å². The zero-order chi connectivity index (χ0) is 7.86. The molecular weight excluding hydrogens is 131 g/mol. The van der Waals surface area contributed by atoms with Crippen LogP contribution in [0.25, 0.3) is 0 Å². The molecule has 4 nitrogen and oxygen atoms in total. The van der Waals surface area contributed by atoms with Crippen molar-refractivity contribution >= 4 is 12.4 Å². The van der Waals surface area contributed by atoms with Crippen molar-refractivity contribution < 1.29 is 24.2 Å². The minimum Gasteiger partial charge on any atom is -0.483 e. The molecular formula is C4H7FO4. The zero-order valence-corrected chi connectivity index (χ0v) is 4.74. The fourth-order valence-electron chi connectivity index (χ4n) is 0. The van der Waals surface area contributed by atoms with E-state index in [0.29, 0.717) is 0 Å². The van der Waals surface area contributed by atoms with Crippen LogP contribution in [0.15, 0.2) is 0 Å². The molecule has 2 N–H and O–H groups in total. The van der Waals surface area contributed by atoms with E-state index < -0.39 is 12.1 Å². The molecule has 1 unspecified atom stereocenters. The van der Waals surface area contributed by atoms with E-state index in [4.69, 9.17) is 15.0 Å². The van der Waals surface area contributed by atoms with Crippen LogP contribution < -0.4 is 0 Å². The van der Waals surface area contributed by atoms with Crippen molar-refractivity contribution in [2.75, 3.05) is 0 Å². The summed E-state index contributed by atoms with van der Waals surface area (Å²) >= 11 is 0. The third-order valence-corrected chi connectivity index (χ3v) is 0.340. The minimum absolute atomic E-state index is 0.250. The summed E-state index contributed by atoms with van der Waals surface area (Å²) in [6.45, 7) is 0.725. The zero-order valence-electron chi connectivity index (χ0n) is 4.74. The second-order valence-electron chi connectivity index (χ2n) is 1.06. The quantitative estimate of drug-likeness (QED) is 0.505. The highest BCUT2D eigenvalue weighted by atomic mass is 19.1. The van der Waals surface area contributed by atoms with Gasteiger partial charge in [-0.05, 0) is 6.92 Å². The lowest BCUT2D eigenvalue weighted by atomic mass is 10.5. The van der Waals surface area contributed by atoms with Gasteiger partial charge in [0.15, 0.2) is 6.17 Å². The molecule has 0 fully saturated rings. The molecule has 0 radical (unpaired) electrons. The Morgan fingerprint density at radius 1 is 1.78 bits per heavy atom. The van der Waals surface area contributed by atoms with E-state index in [1.807, 2.05) is 0 Å². The SMILES string of the molecule is CC(F)C(=O)O.O=CO. The number of alkyl halides is 1. The van der Waals surface area contributed by atoms with Gasteiger partial charge in [0, 0.05) is 0 Å². The van der Waals surface area contributed by atoms with Gasteiger partial charge in [-0.15, -0.1) is 0 Å². The van der Waals surface area contributed by atoms with Crippen molar-refractivity contribution in [2.24, 2.45) is 0 Å². The summed E-state index contributed by atoms with van der Waals surface area (Å²) in [5, 5.41) is 14.5. The Balaban J connectivity index is 0. The van der Waals surface area contributed by atoms with Gasteiger partial charge in [0.25, 0.3) is 6.47 Å². The normalized spacial score (nSPS) is 10.4. The van der Waals surface area contributed by atoms with Crippen LogP contribution in [-0.4, -0.2) is 28.8 Å². The van der Waals surface area contributed by atoms with E-state index in [-0.39, 0.29) is 6.47 Å². The van der Waals surface area contributed by atoms with Crippen LogP contribution in [0, 0.1) is 0 Å². The first-order valence-corrected chi connectivity index (χ1v) is 2.01. The van der Waals surface area contributed by atoms with Crippen LogP contribution in [0.4, 0.5) is 4.39 Å². The molecule has 9 heavy (non-hydrogen) atoms. The molecule has 0 saturated carbocycles. The van der Waals surface area contributed by atoms with Crippen LogP contribution in [0.3, 0.4) is 0 Å². The van der Waals surface area contributed by atoms with E-state index in [1.54, 1.807) is 0 Å². The predicted molar refractivity (Wildman–Crippen MR) is 26.9 cm³/mol. The lowest BCUT2D eigenvalue weighted by Crippen LogP contribution is -2.08. The molecule has 5 heteroatoms. The lowest BCUT2D eigenvalue weighted by molar-refractivity contribution is -0.142. The van der Waals surface area contributed by atoms with Crippen molar-refractivity contribution in [3.05, 3.63) is 0 Å². The number of rotatable bonds is 1. The van der Waals surface area contributed by atoms with E-state index in [1.165, 1.54) is 0 Å². The second kappa shape index (κ2) is 6.87. The Kier molecular flexibility index (Phi) is 8.23. The Labute approximate surface area is 50.9 Å². The van der Waals surface area contributed by atoms with E-state index in [0.717, 1.165) is 6.92 Å². The Hall–Kier alpha value is -1.13. The molecule has 1 atom stereocenters. The maximum absolute atomic E-state index is 11.2. The molecule has 0 saturated heterocycles. The van der Waals surface area contributed by atoms with E-state index >= 15 is 0 Å². The average molecular weight is 138 g/mol. The van der Waals surface area contributed by atoms with Gasteiger partial charge in [0.1, 0.15) is 0 Å². The first-order valence-electron chi connectivity index (χ1n) is 2.01. The van der Waals surface area contributed by atoms with Crippen molar-refractivity contribution in [3.8, 4) is 0 Å². The average Bonchev–Trinajstić information content (AvgIpc) is 1.68. The molecule has 0 rings (SSSR count). The summed E-state index contributed by atoms with van der Waals surface area (Å²) in [4.78, 5) is 17.7. The summed E-state index contributed by atoms with van der Waals surface area (Å²) in [7, 11) is 0. The number of carbonyl (C=O) groups is 2. The topological polar surface area (TPSA) is 74.6 Å². The molecule has 54 valence electrons. The number of carboxylic acids is 1. The highest BCUT2D eigenvalue weighted by molar-refractivity contribution is 5.71. The highest BCUT2D eigenvalue weighted by Gasteiger charge is 2.04. The predicted octanol–water partition coefficient (Wildman–Crippen LogP) is 0.130. The summed E-state index contributed by atoms with van der Waals surface area (Å²) < 4.78 is 11.2. The fraction of sp³-hybridized carbons (Fsp3) is 0.500. The van der Waals surface area contributed by atoms with Crippen molar-refractivity contribution in [3.63, 3.8) is 0 Å². The third kappa shape index (κ3) is 19.8. The molecule has 0 aromatic rings. The summed E-state index contributed by atoms with van der Waals surface area (Å²) in [6, 6.07) is 0. The van der Waals surface area contributed by atoms with Crippen LogP contribution >= 0.6 is 0 Å². The van der Waals surface area contributed by atoms with Gasteiger partial charge in [-0.2, -0.15) is 0 Å². The standard InChI is InChI=1S/C3H5FO2.CH2O2/c1-2(4)3(5)6;2-1-3/h2H,1H3,(H,5,6);1H,(H,2,3). The second-order valence-corrected chi connectivity index (χ2v) is 1.06. The number of halogens is 1. The molecule has 0 bridgehead atoms. The molecule has 0 aliphatic heterocycles. The summed E-state index contributed by atoms with van der Waals surface area (Å²) in [5.41, 5.74) is 0. The monoisotopic (exact) mass is 138 g/mol. The summed E-state index contributed by atoms with van der Waals surface area (Å²) in [6.07, 6.45) is -1.73. The Morgan fingerprint density at radius 2 is 1.89 bits per heavy atom. The maximum Gasteiger partial charge on any atom is 0.337 e. The van der Waals surface area contributed by atoms with Gasteiger partial charge in [-0.1, -0.05) is 0 Å². The molecule has 0 spiro atoms. The molecule has 0 aliphatic carbocycles. The van der Waals surface area contributed by atoms with Crippen LogP contribution in [-0.2, 0) is 9.59 Å². The lowest BCUT2D eigenvalue weighted by Gasteiger charge is -1.85. The number of carboxylic acid groups (broad SMARTS) is 2. The maximum atomic E-state index is 11.2. The van der Waals surface area contributed by atoms with Gasteiger partial charge < -0.3 is 10.2 Å². The van der Waals surface area contributed by atoms with Crippen molar-refractivity contribution in [1.29, 1.82) is 0 Å². The largest absolute Gasteiger partial charge is 0.483 e. The first kappa shape index (κ1) is 10.8. The van der Waals surface area contributed by atoms with E-state index in [2.05, 4.69) is 0 Å². The van der Waals surface area contributed by atoms with Gasteiger partial charge in [0.05, 0.1) is 0 Å². The summed E-state index contributed by atoms with van der Waals surface area (Å²) in [5.74, 6) is -1.41. The molecule has 0 aromatic heterocycles. The molecule has 0 aromatic carbocycles. The first-order chi connectivity index (χ1) is 4.06. The fourth-order valence-corrected chi connectivity index (χ4v) is 0. The molecule has 0 amide bonds. The number of aliphatic carboxylic acids is 1. The van der Waals surface area contributed by atoms with Crippen molar-refractivity contribution in [2.45, 2.75) is 13.1 Å². The Bertz CT molecular complexity index is 90.6. The van der Waals surface area contributed by atoms with Crippen molar-refractivity contribution in [1.82, 2.24) is 0 Å². The minimum atomic E-state index is -1.73. The smallest absolute Gasteiger partial charge is 0.337 e. The highest BCUT2D eigenvalue weighted by Crippen LogP contribution is 1.83.